The van der Waals surface area contributed by atoms with Crippen molar-refractivity contribution in [3.63, 3.8) is 0 Å². The molecule has 0 amide bonds. The Bertz CT molecular complexity index is 707. The Morgan fingerprint density at radius 2 is 2.08 bits per heavy atom. The van der Waals surface area contributed by atoms with Crippen LogP contribution in [0.5, 0.6) is 5.75 Å². The van der Waals surface area contributed by atoms with Crippen molar-refractivity contribution in [3.05, 3.63) is 24.4 Å². The molecule has 1 saturated carbocycles. The number of rotatable bonds is 5. The zero-order valence-electron chi connectivity index (χ0n) is 15.4. The molecule has 2 fully saturated rings. The lowest BCUT2D eigenvalue weighted by Crippen LogP contribution is -2.28. The zero-order chi connectivity index (χ0) is 17.9. The summed E-state index contributed by atoms with van der Waals surface area (Å²) in [7, 11) is 0. The SMILES string of the molecule is CCN1CCC(Oc2ccc3cnc(N[C@H]4CC[C@H](O)CC4)nc3c2)C1. The van der Waals surface area contributed by atoms with Crippen molar-refractivity contribution in [2.45, 2.75) is 57.3 Å². The smallest absolute Gasteiger partial charge is 0.223 e. The second-order valence-electron chi connectivity index (χ2n) is 7.49. The van der Waals surface area contributed by atoms with Crippen molar-refractivity contribution in [2.75, 3.05) is 25.0 Å². The predicted octanol–water partition coefficient (Wildman–Crippen LogP) is 2.82. The second-order valence-corrected chi connectivity index (χ2v) is 7.49. The lowest BCUT2D eigenvalue weighted by molar-refractivity contribution is 0.126. The molecule has 2 heterocycles. The number of hydrogen-bond donors (Lipinski definition) is 2. The van der Waals surface area contributed by atoms with Crippen LogP contribution in [0.15, 0.2) is 24.4 Å². The molecule has 1 saturated heterocycles. The third-order valence-electron chi connectivity index (χ3n) is 5.56. The molecule has 1 aromatic heterocycles. The van der Waals surface area contributed by atoms with Crippen LogP contribution in [-0.4, -0.2) is 57.9 Å². The molecule has 0 spiro atoms. The van der Waals surface area contributed by atoms with Gasteiger partial charge in [0.25, 0.3) is 0 Å². The molecule has 6 nitrogen and oxygen atoms in total. The molecule has 1 unspecified atom stereocenters. The molecular formula is C20H28N4O2. The summed E-state index contributed by atoms with van der Waals surface area (Å²) in [5.41, 5.74) is 0.904. The van der Waals surface area contributed by atoms with E-state index >= 15 is 0 Å². The Kier molecular flexibility index (Phi) is 5.22. The summed E-state index contributed by atoms with van der Waals surface area (Å²) in [6, 6.07) is 6.39. The first-order valence-electron chi connectivity index (χ1n) is 9.80. The summed E-state index contributed by atoms with van der Waals surface area (Å²) in [6.45, 7) is 5.38. The van der Waals surface area contributed by atoms with E-state index in [-0.39, 0.29) is 12.2 Å². The van der Waals surface area contributed by atoms with E-state index in [1.165, 1.54) is 0 Å². The number of likely N-dealkylation sites (N-methyl/N-ethyl adjacent to an activating group) is 1. The van der Waals surface area contributed by atoms with Crippen LogP contribution in [0.2, 0.25) is 0 Å². The van der Waals surface area contributed by atoms with E-state index in [0.29, 0.717) is 12.0 Å². The van der Waals surface area contributed by atoms with Crippen LogP contribution in [0.25, 0.3) is 10.9 Å². The third-order valence-corrected chi connectivity index (χ3v) is 5.56. The third kappa shape index (κ3) is 4.07. The van der Waals surface area contributed by atoms with E-state index in [1.807, 2.05) is 24.4 Å². The quantitative estimate of drug-likeness (QED) is 0.858. The van der Waals surface area contributed by atoms with Crippen molar-refractivity contribution in [1.82, 2.24) is 14.9 Å². The highest BCUT2D eigenvalue weighted by molar-refractivity contribution is 5.80. The van der Waals surface area contributed by atoms with E-state index in [1.54, 1.807) is 0 Å². The van der Waals surface area contributed by atoms with E-state index in [2.05, 4.69) is 27.1 Å². The van der Waals surface area contributed by atoms with E-state index in [9.17, 15) is 5.11 Å². The Labute approximate surface area is 154 Å². The summed E-state index contributed by atoms with van der Waals surface area (Å²) in [5, 5.41) is 14.1. The largest absolute Gasteiger partial charge is 0.489 e. The van der Waals surface area contributed by atoms with Gasteiger partial charge in [-0.3, -0.25) is 4.90 Å². The van der Waals surface area contributed by atoms with Gasteiger partial charge in [-0.05, 0) is 50.8 Å². The number of nitrogens with one attached hydrogen (secondary N) is 1. The highest BCUT2D eigenvalue weighted by Crippen LogP contribution is 2.25. The maximum atomic E-state index is 9.64. The number of aliphatic hydroxyl groups excluding tert-OH is 1. The van der Waals surface area contributed by atoms with Crippen LogP contribution < -0.4 is 10.1 Å². The van der Waals surface area contributed by atoms with Gasteiger partial charge in [-0.1, -0.05) is 6.92 Å². The number of nitrogens with zero attached hydrogens (tertiary/aromatic N) is 3. The van der Waals surface area contributed by atoms with Crippen LogP contribution in [0.1, 0.15) is 39.0 Å². The minimum absolute atomic E-state index is 0.149. The molecule has 1 aliphatic heterocycles. The summed E-state index contributed by atoms with van der Waals surface area (Å²) < 4.78 is 6.17. The fourth-order valence-electron chi connectivity index (χ4n) is 3.92. The summed E-state index contributed by atoms with van der Waals surface area (Å²) in [4.78, 5) is 11.5. The van der Waals surface area contributed by atoms with Gasteiger partial charge in [-0.15, -0.1) is 0 Å². The Balaban J connectivity index is 1.44. The zero-order valence-corrected chi connectivity index (χ0v) is 15.4. The van der Waals surface area contributed by atoms with Gasteiger partial charge in [0.05, 0.1) is 11.6 Å². The molecular weight excluding hydrogens is 328 g/mol. The molecule has 1 atom stereocenters. The van der Waals surface area contributed by atoms with Crippen LogP contribution in [-0.2, 0) is 0 Å². The van der Waals surface area contributed by atoms with Crippen LogP contribution in [0.3, 0.4) is 0 Å². The first-order chi connectivity index (χ1) is 12.7. The number of aliphatic hydroxyl groups is 1. The van der Waals surface area contributed by atoms with Gasteiger partial charge in [-0.25, -0.2) is 9.97 Å². The molecule has 2 N–H and O–H groups in total. The normalized spacial score (nSPS) is 26.9. The first-order valence-corrected chi connectivity index (χ1v) is 9.80. The summed E-state index contributed by atoms with van der Waals surface area (Å²) in [5.74, 6) is 1.54. The van der Waals surface area contributed by atoms with Crippen molar-refractivity contribution >= 4 is 16.9 Å². The van der Waals surface area contributed by atoms with Gasteiger partial charge in [0.15, 0.2) is 0 Å². The lowest BCUT2D eigenvalue weighted by Gasteiger charge is -2.26. The number of ether oxygens (including phenoxy) is 1. The molecule has 4 rings (SSSR count). The van der Waals surface area contributed by atoms with E-state index in [0.717, 1.165) is 68.4 Å². The Morgan fingerprint density at radius 1 is 1.23 bits per heavy atom. The first kappa shape index (κ1) is 17.5. The van der Waals surface area contributed by atoms with E-state index < -0.39 is 0 Å². The minimum Gasteiger partial charge on any atom is -0.489 e. The average Bonchev–Trinajstić information content (AvgIpc) is 3.11. The highest BCUT2D eigenvalue weighted by Gasteiger charge is 2.23. The van der Waals surface area contributed by atoms with Crippen LogP contribution in [0, 0.1) is 0 Å². The number of benzene rings is 1. The van der Waals surface area contributed by atoms with Gasteiger partial charge in [0, 0.05) is 36.8 Å². The number of aromatic nitrogens is 2. The molecule has 0 radical (unpaired) electrons. The molecule has 2 aromatic rings. The maximum Gasteiger partial charge on any atom is 0.223 e. The van der Waals surface area contributed by atoms with Gasteiger partial charge in [0.2, 0.25) is 5.95 Å². The summed E-state index contributed by atoms with van der Waals surface area (Å²) in [6.07, 6.45) is 6.67. The highest BCUT2D eigenvalue weighted by atomic mass is 16.5. The fourth-order valence-corrected chi connectivity index (χ4v) is 3.92. The fraction of sp³-hybridized carbons (Fsp3) is 0.600. The molecule has 0 bridgehead atoms. The van der Waals surface area contributed by atoms with Crippen LogP contribution >= 0.6 is 0 Å². The maximum absolute atomic E-state index is 9.64. The van der Waals surface area contributed by atoms with Crippen molar-refractivity contribution < 1.29 is 9.84 Å². The monoisotopic (exact) mass is 356 g/mol. The lowest BCUT2D eigenvalue weighted by atomic mass is 9.93. The topological polar surface area (TPSA) is 70.5 Å². The van der Waals surface area contributed by atoms with Gasteiger partial charge in [0.1, 0.15) is 11.9 Å². The van der Waals surface area contributed by atoms with E-state index in [4.69, 9.17) is 4.74 Å². The Hall–Kier alpha value is -1.92. The Morgan fingerprint density at radius 3 is 2.85 bits per heavy atom. The predicted molar refractivity (Wildman–Crippen MR) is 103 cm³/mol. The van der Waals surface area contributed by atoms with Gasteiger partial charge < -0.3 is 15.2 Å². The molecule has 2 aliphatic rings. The van der Waals surface area contributed by atoms with Crippen molar-refractivity contribution in [2.24, 2.45) is 0 Å². The number of fused-ring (bicyclic) bond motifs is 1. The standard InChI is InChI=1S/C20H28N4O2/c1-2-24-10-9-18(13-24)26-17-8-3-14-12-21-20(23-19(14)11-17)22-15-4-6-16(25)7-5-15/h3,8,11-12,15-16,18,25H,2,4-7,9-10,13H2,1H3,(H,21,22,23)/t15-,16-,18?. The minimum atomic E-state index is -0.149. The van der Waals surface area contributed by atoms with Gasteiger partial charge in [-0.2, -0.15) is 0 Å². The number of hydrogen-bond acceptors (Lipinski definition) is 6. The molecule has 26 heavy (non-hydrogen) atoms. The number of likely N-dealkylation sites (tertiary alicyclic amines) is 1. The van der Waals surface area contributed by atoms with Gasteiger partial charge >= 0.3 is 0 Å². The molecule has 6 heteroatoms. The average molecular weight is 356 g/mol. The van der Waals surface area contributed by atoms with Crippen molar-refractivity contribution in [3.8, 4) is 5.75 Å². The second kappa shape index (κ2) is 7.76. The molecule has 1 aliphatic carbocycles. The summed E-state index contributed by atoms with van der Waals surface area (Å²) >= 11 is 0. The number of anilines is 1. The van der Waals surface area contributed by atoms with Crippen LogP contribution in [0.4, 0.5) is 5.95 Å². The van der Waals surface area contributed by atoms with Crippen molar-refractivity contribution in [1.29, 1.82) is 0 Å². The molecule has 1 aromatic carbocycles. The molecule has 140 valence electrons.